The Balaban J connectivity index is 0.000000310. The van der Waals surface area contributed by atoms with Gasteiger partial charge >= 0.3 is 21.7 Å². The number of rotatable bonds is 18. The third-order valence-corrected chi connectivity index (χ3v) is 8.12. The zero-order chi connectivity index (χ0) is 40.4. The van der Waals surface area contributed by atoms with E-state index < -0.39 is 23.3 Å². The quantitative estimate of drug-likeness (QED) is 0.0375. The van der Waals surface area contributed by atoms with E-state index in [9.17, 15) is 17.6 Å². The van der Waals surface area contributed by atoms with Crippen molar-refractivity contribution in [3.8, 4) is 11.4 Å². The Morgan fingerprint density at radius 1 is 0.509 bits per heavy atom. The molecule has 6 nitrogen and oxygen atoms in total. The Morgan fingerprint density at radius 3 is 1.19 bits per heavy atom. The topological polar surface area (TPSA) is 46.8 Å². The van der Waals surface area contributed by atoms with Crippen LogP contribution in [0.1, 0.15) is 62.3 Å². The molecule has 0 aliphatic carbocycles. The first kappa shape index (κ1) is 49.1. The van der Waals surface area contributed by atoms with E-state index in [2.05, 4.69) is 26.0 Å². The molecule has 0 unspecified atom stereocenters. The minimum absolute atomic E-state index is 0. The van der Waals surface area contributed by atoms with Crippen LogP contribution in [0.4, 0.5) is 17.6 Å². The van der Waals surface area contributed by atoms with Crippen molar-refractivity contribution in [3.05, 3.63) is 167 Å². The summed E-state index contributed by atoms with van der Waals surface area (Å²) in [5.41, 5.74) is 3.84. The van der Waals surface area contributed by atoms with Gasteiger partial charge in [-0.1, -0.05) is 26.7 Å². The van der Waals surface area contributed by atoms with Crippen LogP contribution in [0.3, 0.4) is 0 Å². The van der Waals surface area contributed by atoms with Crippen molar-refractivity contribution in [2.75, 3.05) is 39.6 Å². The maximum absolute atomic E-state index is 14.0. The van der Waals surface area contributed by atoms with Crippen molar-refractivity contribution in [1.82, 2.24) is 9.13 Å². The second-order valence-corrected chi connectivity index (χ2v) is 12.6. The second-order valence-electron chi connectivity index (χ2n) is 12.6. The van der Waals surface area contributed by atoms with Gasteiger partial charge in [0.1, 0.15) is 0 Å². The molecule has 0 radical (unpaired) electrons. The minimum Gasteiger partial charge on any atom is -0.379 e. The van der Waals surface area contributed by atoms with Crippen LogP contribution in [-0.2, 0) is 53.9 Å². The van der Waals surface area contributed by atoms with Gasteiger partial charge in [0.05, 0.1) is 39.6 Å². The second kappa shape index (κ2) is 29.2. The molecule has 2 heterocycles. The van der Waals surface area contributed by atoms with Crippen molar-refractivity contribution in [1.29, 1.82) is 0 Å². The minimum atomic E-state index is -0.714. The third-order valence-electron chi connectivity index (χ3n) is 8.12. The predicted octanol–water partition coefficient (Wildman–Crippen LogP) is 11.2. The van der Waals surface area contributed by atoms with Gasteiger partial charge in [-0.25, -0.2) is 41.8 Å². The predicted molar refractivity (Wildman–Crippen MR) is 213 cm³/mol. The first-order valence-electron chi connectivity index (χ1n) is 19.0. The van der Waals surface area contributed by atoms with Crippen molar-refractivity contribution < 1.29 is 58.2 Å². The molecule has 6 aromatic rings. The molecular formula is C46H54F4N2O4Ti. The average Bonchev–Trinajstić information content (AvgIpc) is 4.04. The van der Waals surface area contributed by atoms with Crippen LogP contribution < -0.4 is 0 Å². The fourth-order valence-electron chi connectivity index (χ4n) is 5.24. The number of hydrogen-bond donors (Lipinski definition) is 0. The van der Waals surface area contributed by atoms with Gasteiger partial charge in [-0.05, 0) is 62.3 Å². The molecule has 0 bridgehead atoms. The zero-order valence-corrected chi connectivity index (χ0v) is 35.0. The maximum atomic E-state index is 14.0. The molecule has 0 atom stereocenters. The Morgan fingerprint density at radius 2 is 0.877 bits per heavy atom. The molecule has 0 amide bonds. The number of hydrogen-bond acceptors (Lipinski definition) is 4. The van der Waals surface area contributed by atoms with Gasteiger partial charge < -0.3 is 28.1 Å². The maximum Gasteiger partial charge on any atom is 4.00 e. The zero-order valence-electron chi connectivity index (χ0n) is 33.4. The molecule has 0 saturated carbocycles. The largest absolute Gasteiger partial charge is 4.00 e. The number of aromatic nitrogens is 2. The molecule has 2 aromatic heterocycles. The molecular weight excluding hydrogens is 768 g/mol. The molecule has 0 saturated heterocycles. The Kier molecular flexibility index (Phi) is 25.2. The molecule has 0 N–H and O–H groups in total. The van der Waals surface area contributed by atoms with Gasteiger partial charge in [-0.15, -0.1) is 36.4 Å². The summed E-state index contributed by atoms with van der Waals surface area (Å²) in [4.78, 5) is 0. The summed E-state index contributed by atoms with van der Waals surface area (Å²) in [7, 11) is 0. The molecule has 11 heteroatoms. The molecule has 4 aromatic carbocycles. The smallest absolute Gasteiger partial charge is 0.379 e. The SMILES string of the molecule is CCCCOCCOCc1ccc(C)n1-c1ccc(F)[c-]c1F.CCCCOCCOCc1ccc(C)n1-c1ccc(F)[c-]c1F.[Ti+4].c1cc[cH-]c1.c1cc[cH-]c1. The number of unbranched alkanes of at least 4 members (excludes halogenated alkanes) is 2. The van der Waals surface area contributed by atoms with Crippen LogP contribution in [-0.4, -0.2) is 48.8 Å². The van der Waals surface area contributed by atoms with Crippen LogP contribution in [0.5, 0.6) is 0 Å². The molecule has 57 heavy (non-hydrogen) atoms. The summed E-state index contributed by atoms with van der Waals surface area (Å²) < 4.78 is 79.4. The molecule has 0 aliphatic rings. The van der Waals surface area contributed by atoms with E-state index >= 15 is 0 Å². The Hall–Kier alpha value is -4.03. The molecule has 6 rings (SSSR count). The van der Waals surface area contributed by atoms with E-state index in [4.69, 9.17) is 18.9 Å². The average molecular weight is 823 g/mol. The number of benzene rings is 2. The number of halogens is 4. The van der Waals surface area contributed by atoms with E-state index in [1.54, 1.807) is 9.13 Å². The van der Waals surface area contributed by atoms with Crippen molar-refractivity contribution >= 4 is 0 Å². The van der Waals surface area contributed by atoms with Crippen LogP contribution in [0, 0.1) is 49.2 Å². The van der Waals surface area contributed by atoms with Crippen molar-refractivity contribution in [2.45, 2.75) is 66.6 Å². The molecule has 0 spiro atoms. The van der Waals surface area contributed by atoms with Gasteiger partial charge in [0.25, 0.3) is 0 Å². The van der Waals surface area contributed by atoms with E-state index in [0.29, 0.717) is 39.6 Å². The monoisotopic (exact) mass is 822 g/mol. The van der Waals surface area contributed by atoms with Gasteiger partial charge in [-0.2, -0.15) is 36.4 Å². The van der Waals surface area contributed by atoms with Gasteiger partial charge in [-0.3, -0.25) is 0 Å². The van der Waals surface area contributed by atoms with E-state index in [-0.39, 0.29) is 33.1 Å². The number of nitrogens with zero attached hydrogens (tertiary/aromatic N) is 2. The van der Waals surface area contributed by atoms with E-state index in [1.165, 1.54) is 24.3 Å². The van der Waals surface area contributed by atoms with Gasteiger partial charge in [0.15, 0.2) is 0 Å². The summed E-state index contributed by atoms with van der Waals surface area (Å²) >= 11 is 0. The van der Waals surface area contributed by atoms with Gasteiger partial charge in [0.2, 0.25) is 0 Å². The number of aryl methyl sites for hydroxylation is 2. The fourth-order valence-corrected chi connectivity index (χ4v) is 5.24. The summed E-state index contributed by atoms with van der Waals surface area (Å²) in [5, 5.41) is 0. The summed E-state index contributed by atoms with van der Waals surface area (Å²) in [6, 6.07) is 36.8. The number of ether oxygens (including phenoxy) is 4. The fraction of sp³-hybridized carbons (Fsp3) is 0.348. The van der Waals surface area contributed by atoms with Crippen molar-refractivity contribution in [3.63, 3.8) is 0 Å². The Labute approximate surface area is 351 Å². The summed E-state index contributed by atoms with van der Waals surface area (Å²) in [6.45, 7) is 12.1. The van der Waals surface area contributed by atoms with Crippen LogP contribution in [0.25, 0.3) is 11.4 Å². The summed E-state index contributed by atoms with van der Waals surface area (Å²) in [6.07, 6.45) is 4.30. The summed E-state index contributed by atoms with van der Waals surface area (Å²) in [5.74, 6) is -2.85. The van der Waals surface area contributed by atoms with E-state index in [1.807, 2.05) is 98.8 Å². The normalized spacial score (nSPS) is 10.4. The van der Waals surface area contributed by atoms with Crippen molar-refractivity contribution in [2.24, 2.45) is 0 Å². The molecule has 0 fully saturated rings. The standard InChI is InChI=1S/2C18H22F2NO2.2C5H5.Ti/c2*1-3-4-9-22-10-11-23-13-16-7-5-14(2)21(16)18-8-6-15(19)12-17(18)20;2*1-2-4-5-3-1;/h2*5-8H,3-4,9-11,13H2,1-2H3;2*1-5H;/q4*-1;+4. The first-order valence-corrected chi connectivity index (χ1v) is 19.0. The van der Waals surface area contributed by atoms with Crippen LogP contribution in [0.15, 0.2) is 109 Å². The van der Waals surface area contributed by atoms with E-state index in [0.717, 1.165) is 61.7 Å². The first-order chi connectivity index (χ1) is 27.3. The van der Waals surface area contributed by atoms with Gasteiger partial charge in [0, 0.05) is 59.3 Å². The molecule has 304 valence electrons. The van der Waals surface area contributed by atoms with Crippen LogP contribution in [0.2, 0.25) is 0 Å². The molecule has 0 aliphatic heterocycles. The van der Waals surface area contributed by atoms with Crippen LogP contribution >= 0.6 is 0 Å². The Bertz CT molecular complexity index is 1700. The third kappa shape index (κ3) is 18.4.